The molecule has 2 aliphatic rings. The largest absolute Gasteiger partial charge is 0.487 e. The van der Waals surface area contributed by atoms with E-state index in [2.05, 4.69) is 12.1 Å². The minimum atomic E-state index is -1.10. The van der Waals surface area contributed by atoms with Gasteiger partial charge in [0.05, 0.1) is 5.39 Å². The molecule has 1 N–H and O–H groups in total. The molecule has 0 radical (unpaired) electrons. The van der Waals surface area contributed by atoms with Gasteiger partial charge in [-0.1, -0.05) is 67.6 Å². The molecule has 6 nitrogen and oxygen atoms in total. The van der Waals surface area contributed by atoms with E-state index in [1.54, 1.807) is 18.2 Å². The molecule has 4 unspecified atom stereocenters. The Morgan fingerprint density at radius 1 is 0.707 bits per heavy atom. The first-order valence-corrected chi connectivity index (χ1v) is 14.2. The molecule has 3 heterocycles. The van der Waals surface area contributed by atoms with Crippen LogP contribution in [0.2, 0.25) is 0 Å². The van der Waals surface area contributed by atoms with E-state index in [1.165, 1.54) is 11.6 Å². The van der Waals surface area contributed by atoms with E-state index in [4.69, 9.17) is 13.6 Å². The third kappa shape index (κ3) is 4.49. The number of aryl methyl sites for hydroxylation is 4. The van der Waals surface area contributed by atoms with Crippen molar-refractivity contribution in [3.63, 3.8) is 0 Å². The highest BCUT2D eigenvalue weighted by Crippen LogP contribution is 2.53. The van der Waals surface area contributed by atoms with E-state index in [9.17, 15) is 14.7 Å². The third-order valence-electron chi connectivity index (χ3n) is 8.53. The smallest absolute Gasteiger partial charge is 0.193 e. The summed E-state index contributed by atoms with van der Waals surface area (Å²) in [7, 11) is 0. The van der Waals surface area contributed by atoms with E-state index < -0.39 is 18.1 Å². The molecule has 6 heteroatoms. The Hall–Kier alpha value is -4.42. The highest BCUT2D eigenvalue weighted by Gasteiger charge is 2.50. The summed E-state index contributed by atoms with van der Waals surface area (Å²) in [6.07, 6.45) is 0.876. The molecule has 1 aliphatic carbocycles. The first kappa shape index (κ1) is 25.5. The fourth-order valence-electron chi connectivity index (χ4n) is 6.50. The molecule has 206 valence electrons. The number of ether oxygens (including phenoxy) is 1. The van der Waals surface area contributed by atoms with Crippen molar-refractivity contribution in [2.75, 3.05) is 0 Å². The van der Waals surface area contributed by atoms with Crippen molar-refractivity contribution in [2.24, 2.45) is 5.92 Å². The fraction of sp³-hybridized carbons (Fsp3) is 0.257. The van der Waals surface area contributed by atoms with Crippen molar-refractivity contribution in [3.05, 3.63) is 145 Å². The van der Waals surface area contributed by atoms with Crippen LogP contribution in [0.3, 0.4) is 0 Å². The first-order valence-electron chi connectivity index (χ1n) is 14.2. The summed E-state index contributed by atoms with van der Waals surface area (Å²) in [6, 6.07) is 26.7. The zero-order chi connectivity index (χ0) is 28.1. The van der Waals surface area contributed by atoms with Crippen LogP contribution >= 0.6 is 0 Å². The maximum Gasteiger partial charge on any atom is 0.193 e. The second-order valence-electron chi connectivity index (χ2n) is 11.1. The molecule has 0 spiro atoms. The molecule has 3 aromatic carbocycles. The Bertz CT molecular complexity index is 1850. The summed E-state index contributed by atoms with van der Waals surface area (Å²) in [5.74, 6) is 1.13. The normalized spacial score (nSPS) is 20.7. The first-order chi connectivity index (χ1) is 20.0. The Balaban J connectivity index is 1.29. The zero-order valence-corrected chi connectivity index (χ0v) is 22.7. The van der Waals surface area contributed by atoms with Crippen molar-refractivity contribution in [1.82, 2.24) is 0 Å². The van der Waals surface area contributed by atoms with Gasteiger partial charge in [-0.2, -0.15) is 0 Å². The summed E-state index contributed by atoms with van der Waals surface area (Å²) in [4.78, 5) is 27.3. The molecule has 0 fully saturated rings. The lowest BCUT2D eigenvalue weighted by Gasteiger charge is -2.44. The van der Waals surface area contributed by atoms with Gasteiger partial charge in [0.15, 0.2) is 10.9 Å². The summed E-state index contributed by atoms with van der Waals surface area (Å²) in [5.41, 5.74) is 3.43. The lowest BCUT2D eigenvalue weighted by Crippen LogP contribution is -2.46. The zero-order valence-electron chi connectivity index (χ0n) is 22.7. The van der Waals surface area contributed by atoms with Crippen molar-refractivity contribution in [2.45, 2.75) is 50.7 Å². The number of hydrogen-bond acceptors (Lipinski definition) is 6. The quantitative estimate of drug-likeness (QED) is 0.286. The van der Waals surface area contributed by atoms with E-state index in [0.29, 0.717) is 58.6 Å². The number of fused-ring (bicyclic) bond motifs is 8. The summed E-state index contributed by atoms with van der Waals surface area (Å²) in [6.45, 7) is 1.95. The maximum atomic E-state index is 13.7. The van der Waals surface area contributed by atoms with Crippen LogP contribution < -0.4 is 15.6 Å². The Morgan fingerprint density at radius 3 is 1.98 bits per heavy atom. The van der Waals surface area contributed by atoms with Crippen LogP contribution in [0.5, 0.6) is 5.75 Å². The molecule has 41 heavy (non-hydrogen) atoms. The topological polar surface area (TPSA) is 89.9 Å². The van der Waals surface area contributed by atoms with Crippen LogP contribution in [-0.2, 0) is 25.7 Å². The van der Waals surface area contributed by atoms with Crippen molar-refractivity contribution >= 4 is 11.0 Å². The average Bonchev–Trinajstić information content (AvgIpc) is 2.98. The molecular formula is C35H30O6. The molecule has 0 saturated carbocycles. The molecule has 5 aromatic rings. The number of benzene rings is 3. The number of hydrogen-bond donors (Lipinski definition) is 1. The van der Waals surface area contributed by atoms with Gasteiger partial charge in [0.25, 0.3) is 0 Å². The van der Waals surface area contributed by atoms with Crippen LogP contribution in [0.25, 0.3) is 11.0 Å². The van der Waals surface area contributed by atoms with Gasteiger partial charge in [0, 0.05) is 47.9 Å². The summed E-state index contributed by atoms with van der Waals surface area (Å²) < 4.78 is 18.7. The van der Waals surface area contributed by atoms with Gasteiger partial charge in [0.2, 0.25) is 0 Å². The highest BCUT2D eigenvalue weighted by molar-refractivity contribution is 5.85. The van der Waals surface area contributed by atoms with E-state index >= 15 is 0 Å². The fourth-order valence-corrected chi connectivity index (χ4v) is 6.50. The summed E-state index contributed by atoms with van der Waals surface area (Å²) in [5, 5.41) is 11.7. The Kier molecular flexibility index (Phi) is 6.36. The van der Waals surface area contributed by atoms with Gasteiger partial charge in [-0.3, -0.25) is 9.59 Å². The Morgan fingerprint density at radius 2 is 1.32 bits per heavy atom. The van der Waals surface area contributed by atoms with E-state index in [-0.39, 0.29) is 22.5 Å². The minimum Gasteiger partial charge on any atom is -0.487 e. The van der Waals surface area contributed by atoms with E-state index in [0.717, 1.165) is 12.0 Å². The van der Waals surface area contributed by atoms with Crippen LogP contribution in [0.15, 0.2) is 103 Å². The standard InChI is InChI=1S/C35H30O6/c1-20-29-31-26(37)19-24(15-13-22-10-6-3-7-11-22)40-35(31)33(38)34(20)41-28-17-16-27-30(32(28)29)25(36)18-23(39-27)14-12-21-8-4-2-5-9-21/h2-11,16-20,29,33-34,38H,12-15H2,1H3. The predicted octanol–water partition coefficient (Wildman–Crippen LogP) is 5.89. The second kappa shape index (κ2) is 10.2. The molecular weight excluding hydrogens is 516 g/mol. The molecule has 1 aliphatic heterocycles. The SMILES string of the molecule is CC1C2c3c(oc(CCc4ccccc4)cc3=O)C(O)C1Oc1ccc3oc(CCc4ccccc4)cc(=O)c3c12. The third-order valence-corrected chi connectivity index (χ3v) is 8.53. The lowest BCUT2D eigenvalue weighted by atomic mass is 9.69. The minimum absolute atomic E-state index is 0.169. The molecule has 7 rings (SSSR count). The van der Waals surface area contributed by atoms with Crippen LogP contribution in [0.1, 0.15) is 58.5 Å². The van der Waals surface area contributed by atoms with Gasteiger partial charge in [-0.05, 0) is 36.1 Å². The summed E-state index contributed by atoms with van der Waals surface area (Å²) >= 11 is 0. The van der Waals surface area contributed by atoms with Gasteiger partial charge in [-0.25, -0.2) is 0 Å². The lowest BCUT2D eigenvalue weighted by molar-refractivity contribution is -0.0367. The average molecular weight is 547 g/mol. The predicted molar refractivity (Wildman–Crippen MR) is 156 cm³/mol. The molecule has 0 amide bonds. The van der Waals surface area contributed by atoms with E-state index in [1.807, 2.05) is 55.5 Å². The maximum absolute atomic E-state index is 13.7. The van der Waals surface area contributed by atoms with Crippen molar-refractivity contribution in [3.8, 4) is 5.75 Å². The van der Waals surface area contributed by atoms with Crippen molar-refractivity contribution < 1.29 is 18.7 Å². The molecule has 0 saturated heterocycles. The second-order valence-corrected chi connectivity index (χ2v) is 11.1. The van der Waals surface area contributed by atoms with Gasteiger partial charge in [-0.15, -0.1) is 0 Å². The monoisotopic (exact) mass is 546 g/mol. The van der Waals surface area contributed by atoms with Gasteiger partial charge in [0.1, 0.15) is 40.8 Å². The van der Waals surface area contributed by atoms with Gasteiger partial charge >= 0.3 is 0 Å². The number of aliphatic hydroxyl groups excluding tert-OH is 1. The molecule has 2 aromatic heterocycles. The van der Waals surface area contributed by atoms with Crippen LogP contribution in [-0.4, -0.2) is 11.2 Å². The van der Waals surface area contributed by atoms with Crippen LogP contribution in [0, 0.1) is 5.92 Å². The number of rotatable bonds is 6. The molecule has 4 atom stereocenters. The highest BCUT2D eigenvalue weighted by atomic mass is 16.5. The van der Waals surface area contributed by atoms with Crippen molar-refractivity contribution in [1.29, 1.82) is 0 Å². The van der Waals surface area contributed by atoms with Crippen LogP contribution in [0.4, 0.5) is 0 Å². The van der Waals surface area contributed by atoms with Gasteiger partial charge < -0.3 is 18.7 Å². The Labute approximate surface area is 236 Å². The number of aliphatic hydroxyl groups is 1. The molecule has 2 bridgehead atoms.